The van der Waals surface area contributed by atoms with E-state index in [1.807, 2.05) is 17.5 Å². The summed E-state index contributed by atoms with van der Waals surface area (Å²) in [5.74, 6) is -0.218. The molecule has 0 saturated carbocycles. The normalized spacial score (nSPS) is 12.7. The van der Waals surface area contributed by atoms with Crippen molar-refractivity contribution in [1.29, 1.82) is 0 Å². The number of halogens is 3. The van der Waals surface area contributed by atoms with Gasteiger partial charge in [-0.3, -0.25) is 0 Å². The van der Waals surface area contributed by atoms with Crippen LogP contribution in [0.1, 0.15) is 17.2 Å². The summed E-state index contributed by atoms with van der Waals surface area (Å²) in [5, 5.41) is 1.99. The van der Waals surface area contributed by atoms with E-state index in [1.165, 1.54) is 6.07 Å². The zero-order chi connectivity index (χ0) is 12.4. The molecule has 1 atom stereocenters. The number of rotatable bonds is 3. The molecule has 1 nitrogen and oxygen atoms in total. The summed E-state index contributed by atoms with van der Waals surface area (Å²) in [6.07, 6.45) is 0.502. The highest BCUT2D eigenvalue weighted by Crippen LogP contribution is 2.27. The summed E-state index contributed by atoms with van der Waals surface area (Å²) in [7, 11) is 0. The molecule has 1 aromatic heterocycles. The summed E-state index contributed by atoms with van der Waals surface area (Å²) in [4.78, 5) is 0. The van der Waals surface area contributed by atoms with Crippen LogP contribution in [0.4, 0.5) is 4.39 Å². The van der Waals surface area contributed by atoms with Crippen LogP contribution in [0.3, 0.4) is 0 Å². The molecule has 0 amide bonds. The Hall–Kier alpha value is -0.230. The molecule has 0 aliphatic rings. The Morgan fingerprint density at radius 2 is 2.06 bits per heavy atom. The van der Waals surface area contributed by atoms with Crippen LogP contribution in [0.15, 0.2) is 37.9 Å². The molecule has 0 bridgehead atoms. The van der Waals surface area contributed by atoms with E-state index in [9.17, 15) is 4.39 Å². The van der Waals surface area contributed by atoms with Gasteiger partial charge in [0.05, 0.1) is 3.79 Å². The molecule has 0 spiro atoms. The van der Waals surface area contributed by atoms with Gasteiger partial charge >= 0.3 is 0 Å². The van der Waals surface area contributed by atoms with Crippen LogP contribution >= 0.6 is 43.2 Å². The highest BCUT2D eigenvalue weighted by atomic mass is 79.9. The van der Waals surface area contributed by atoms with Crippen molar-refractivity contribution in [3.8, 4) is 0 Å². The molecule has 1 unspecified atom stereocenters. The fourth-order valence-electron chi connectivity index (χ4n) is 1.56. The lowest BCUT2D eigenvalue weighted by atomic mass is 10.0. The van der Waals surface area contributed by atoms with Crippen LogP contribution in [-0.4, -0.2) is 0 Å². The Morgan fingerprint density at radius 3 is 2.65 bits per heavy atom. The first-order chi connectivity index (χ1) is 8.06. The third kappa shape index (κ3) is 3.37. The Bertz CT molecular complexity index is 527. The second-order valence-corrected chi connectivity index (χ2v) is 6.94. The first-order valence-corrected chi connectivity index (χ1v) is 7.46. The van der Waals surface area contributed by atoms with E-state index in [4.69, 9.17) is 5.73 Å². The maximum absolute atomic E-state index is 13.6. The molecule has 2 aromatic rings. The van der Waals surface area contributed by atoms with Crippen molar-refractivity contribution in [1.82, 2.24) is 0 Å². The minimum Gasteiger partial charge on any atom is -0.324 e. The standard InChI is InChI=1S/C12H10Br2FNS/c13-9-2-1-7(10(15)5-9)3-11(16)8-4-12(14)17-6-8/h1-2,4-6,11H,3,16H2. The van der Waals surface area contributed by atoms with Crippen molar-refractivity contribution in [3.63, 3.8) is 0 Å². The molecular weight excluding hydrogens is 369 g/mol. The monoisotopic (exact) mass is 377 g/mol. The van der Waals surface area contributed by atoms with Crippen molar-refractivity contribution in [2.24, 2.45) is 5.73 Å². The van der Waals surface area contributed by atoms with Crippen molar-refractivity contribution in [2.75, 3.05) is 0 Å². The third-order valence-corrected chi connectivity index (χ3v) is 4.49. The second kappa shape index (κ2) is 5.61. The van der Waals surface area contributed by atoms with E-state index in [0.717, 1.165) is 13.8 Å². The molecule has 0 fully saturated rings. The minimum absolute atomic E-state index is 0.173. The summed E-state index contributed by atoms with van der Waals surface area (Å²) in [6, 6.07) is 6.86. The second-order valence-electron chi connectivity index (χ2n) is 3.73. The molecular formula is C12H10Br2FNS. The van der Waals surface area contributed by atoms with Crippen LogP contribution in [0.25, 0.3) is 0 Å². The van der Waals surface area contributed by atoms with Gasteiger partial charge in [-0.1, -0.05) is 22.0 Å². The highest BCUT2D eigenvalue weighted by Gasteiger charge is 2.12. The van der Waals surface area contributed by atoms with E-state index in [1.54, 1.807) is 17.4 Å². The highest BCUT2D eigenvalue weighted by molar-refractivity contribution is 9.11. The summed E-state index contributed by atoms with van der Waals surface area (Å²) in [5.41, 5.74) is 7.73. The molecule has 2 rings (SSSR count). The lowest BCUT2D eigenvalue weighted by Gasteiger charge is -2.10. The van der Waals surface area contributed by atoms with Gasteiger partial charge in [-0.15, -0.1) is 11.3 Å². The number of benzene rings is 1. The zero-order valence-corrected chi connectivity index (χ0v) is 12.8. The average Bonchev–Trinajstić information content (AvgIpc) is 2.69. The van der Waals surface area contributed by atoms with E-state index in [2.05, 4.69) is 31.9 Å². The van der Waals surface area contributed by atoms with Crippen molar-refractivity contribution >= 4 is 43.2 Å². The Labute approximate surface area is 120 Å². The third-order valence-electron chi connectivity index (χ3n) is 2.47. The molecule has 0 radical (unpaired) electrons. The van der Waals surface area contributed by atoms with Gasteiger partial charge in [0.25, 0.3) is 0 Å². The molecule has 0 saturated heterocycles. The van der Waals surface area contributed by atoms with E-state index in [-0.39, 0.29) is 11.9 Å². The number of nitrogens with two attached hydrogens (primary N) is 1. The zero-order valence-electron chi connectivity index (χ0n) is 8.79. The van der Waals surface area contributed by atoms with Crippen molar-refractivity contribution in [3.05, 3.63) is 54.8 Å². The fraction of sp³-hybridized carbons (Fsp3) is 0.167. The van der Waals surface area contributed by atoms with Gasteiger partial charge in [0.2, 0.25) is 0 Å². The molecule has 90 valence electrons. The molecule has 2 N–H and O–H groups in total. The minimum atomic E-state index is -0.218. The predicted molar refractivity (Wildman–Crippen MR) is 76.8 cm³/mol. The van der Waals surface area contributed by atoms with Crippen LogP contribution in [0.5, 0.6) is 0 Å². The van der Waals surface area contributed by atoms with E-state index >= 15 is 0 Å². The van der Waals surface area contributed by atoms with Gasteiger partial charge in [-0.2, -0.15) is 0 Å². The first-order valence-electron chi connectivity index (χ1n) is 4.99. The van der Waals surface area contributed by atoms with Crippen LogP contribution in [0.2, 0.25) is 0 Å². The SMILES string of the molecule is NC(Cc1ccc(Br)cc1F)c1csc(Br)c1. The first kappa shape index (κ1) is 13.2. The van der Waals surface area contributed by atoms with Gasteiger partial charge in [0.1, 0.15) is 5.82 Å². The van der Waals surface area contributed by atoms with E-state index < -0.39 is 0 Å². The van der Waals surface area contributed by atoms with Gasteiger partial charge in [0.15, 0.2) is 0 Å². The Kier molecular flexibility index (Phi) is 4.36. The average molecular weight is 379 g/mol. The number of thiophene rings is 1. The predicted octanol–water partition coefficient (Wildman–Crippen LogP) is 4.65. The molecule has 0 aliphatic carbocycles. The number of hydrogen-bond acceptors (Lipinski definition) is 2. The van der Waals surface area contributed by atoms with Crippen LogP contribution < -0.4 is 5.73 Å². The summed E-state index contributed by atoms with van der Waals surface area (Å²) < 4.78 is 15.4. The van der Waals surface area contributed by atoms with Crippen molar-refractivity contribution < 1.29 is 4.39 Å². The Morgan fingerprint density at radius 1 is 1.29 bits per heavy atom. The largest absolute Gasteiger partial charge is 0.324 e. The lowest BCUT2D eigenvalue weighted by molar-refractivity contribution is 0.593. The van der Waals surface area contributed by atoms with Crippen molar-refractivity contribution in [2.45, 2.75) is 12.5 Å². The number of hydrogen-bond donors (Lipinski definition) is 1. The molecule has 1 heterocycles. The smallest absolute Gasteiger partial charge is 0.127 e. The Balaban J connectivity index is 2.15. The fourth-order valence-corrected chi connectivity index (χ4v) is 3.13. The van der Waals surface area contributed by atoms with E-state index in [0.29, 0.717) is 12.0 Å². The summed E-state index contributed by atoms with van der Waals surface area (Å²) >= 11 is 8.21. The molecule has 0 aliphatic heterocycles. The van der Waals surface area contributed by atoms with Crippen LogP contribution in [-0.2, 0) is 6.42 Å². The molecule has 17 heavy (non-hydrogen) atoms. The molecule has 5 heteroatoms. The van der Waals surface area contributed by atoms with Gasteiger partial charge in [0, 0.05) is 10.5 Å². The lowest BCUT2D eigenvalue weighted by Crippen LogP contribution is -2.13. The van der Waals surface area contributed by atoms with Gasteiger partial charge < -0.3 is 5.73 Å². The van der Waals surface area contributed by atoms with Gasteiger partial charge in [-0.05, 0) is 57.1 Å². The quantitative estimate of drug-likeness (QED) is 0.826. The maximum atomic E-state index is 13.6. The topological polar surface area (TPSA) is 26.0 Å². The maximum Gasteiger partial charge on any atom is 0.127 e. The summed E-state index contributed by atoms with van der Waals surface area (Å²) in [6.45, 7) is 0. The van der Waals surface area contributed by atoms with Crippen LogP contribution in [0, 0.1) is 5.82 Å². The molecule has 1 aromatic carbocycles. The van der Waals surface area contributed by atoms with Gasteiger partial charge in [-0.25, -0.2) is 4.39 Å².